The van der Waals surface area contributed by atoms with Crippen LogP contribution in [0, 0.1) is 5.82 Å². The number of aliphatic hydroxyl groups is 1. The smallest absolute Gasteiger partial charge is 0.248 e. The number of amides is 1. The van der Waals surface area contributed by atoms with Crippen molar-refractivity contribution in [3.8, 4) is 22.6 Å². The van der Waals surface area contributed by atoms with Gasteiger partial charge in [0.25, 0.3) is 0 Å². The van der Waals surface area contributed by atoms with E-state index in [-0.39, 0.29) is 17.5 Å². The summed E-state index contributed by atoms with van der Waals surface area (Å²) in [7, 11) is 0. The summed E-state index contributed by atoms with van der Waals surface area (Å²) in [5.74, 6) is 1.01. The predicted octanol–water partition coefficient (Wildman–Crippen LogP) is 6.80. The molecule has 2 N–H and O–H groups in total. The summed E-state index contributed by atoms with van der Waals surface area (Å²) in [5.41, 5.74) is 1.77. The number of halogens is 3. The van der Waals surface area contributed by atoms with E-state index in [0.717, 1.165) is 0 Å². The number of nitrogens with one attached hydrogen (secondary N) is 1. The van der Waals surface area contributed by atoms with Crippen LogP contribution >= 0.6 is 23.2 Å². The molecule has 8 heteroatoms. The van der Waals surface area contributed by atoms with E-state index in [1.807, 2.05) is 0 Å². The fraction of sp³-hybridized carbons (Fsp3) is 0.0417. The quantitative estimate of drug-likeness (QED) is 0.303. The van der Waals surface area contributed by atoms with Gasteiger partial charge >= 0.3 is 0 Å². The number of aliphatic hydroxyl groups excluding tert-OH is 1. The van der Waals surface area contributed by atoms with E-state index in [9.17, 15) is 9.18 Å². The number of hydrogen-bond donors (Lipinski definition) is 2. The fourth-order valence-electron chi connectivity index (χ4n) is 2.99. The molecule has 0 unspecified atom stereocenters. The molecule has 0 atom stereocenters. The van der Waals surface area contributed by atoms with Crippen LogP contribution in [0.5, 0.6) is 0 Å². The molecule has 4 aromatic rings. The third-order valence-electron chi connectivity index (χ3n) is 4.55. The first-order valence-electron chi connectivity index (χ1n) is 9.47. The molecule has 0 aliphatic rings. The van der Waals surface area contributed by atoms with Gasteiger partial charge in [-0.1, -0.05) is 23.2 Å². The van der Waals surface area contributed by atoms with Crippen molar-refractivity contribution in [3.63, 3.8) is 0 Å². The number of rotatable bonds is 6. The van der Waals surface area contributed by atoms with Gasteiger partial charge in [-0.2, -0.15) is 0 Å². The van der Waals surface area contributed by atoms with Crippen molar-refractivity contribution in [2.75, 3.05) is 5.32 Å². The number of anilines is 1. The third-order valence-corrected chi connectivity index (χ3v) is 5.15. The summed E-state index contributed by atoms with van der Waals surface area (Å²) in [6.45, 7) is -0.201. The highest BCUT2D eigenvalue weighted by molar-refractivity contribution is 6.33. The minimum absolute atomic E-state index is 0.000865. The van der Waals surface area contributed by atoms with Gasteiger partial charge in [0.1, 0.15) is 35.5 Å². The largest absolute Gasteiger partial charge is 0.459 e. The third kappa shape index (κ3) is 4.94. The highest BCUT2D eigenvalue weighted by atomic mass is 35.5. The molecule has 5 nitrogen and oxygen atoms in total. The van der Waals surface area contributed by atoms with Crippen LogP contribution in [-0.4, -0.2) is 11.0 Å². The molecule has 0 fully saturated rings. The van der Waals surface area contributed by atoms with Gasteiger partial charge in [-0.15, -0.1) is 0 Å². The molecule has 162 valence electrons. The van der Waals surface area contributed by atoms with E-state index in [1.54, 1.807) is 48.5 Å². The molecular weight excluding hydrogens is 456 g/mol. The highest BCUT2D eigenvalue weighted by Crippen LogP contribution is 2.32. The maximum atomic E-state index is 13.3. The number of furan rings is 2. The molecule has 0 aliphatic heterocycles. The Morgan fingerprint density at radius 2 is 1.78 bits per heavy atom. The highest BCUT2D eigenvalue weighted by Gasteiger charge is 2.11. The molecule has 0 saturated carbocycles. The molecule has 0 radical (unpaired) electrons. The van der Waals surface area contributed by atoms with E-state index < -0.39 is 5.82 Å². The Kier molecular flexibility index (Phi) is 6.46. The average molecular weight is 472 g/mol. The van der Waals surface area contributed by atoms with E-state index >= 15 is 0 Å². The number of carbonyl (C=O) groups is 1. The van der Waals surface area contributed by atoms with Gasteiger partial charge in [-0.3, -0.25) is 4.79 Å². The van der Waals surface area contributed by atoms with Gasteiger partial charge < -0.3 is 19.3 Å². The van der Waals surface area contributed by atoms with Crippen LogP contribution in [0.15, 0.2) is 75.6 Å². The normalized spacial score (nSPS) is 11.2. The second-order valence-corrected chi connectivity index (χ2v) is 7.59. The maximum Gasteiger partial charge on any atom is 0.248 e. The van der Waals surface area contributed by atoms with Gasteiger partial charge in [0.05, 0.1) is 10.0 Å². The van der Waals surface area contributed by atoms with Gasteiger partial charge in [0.15, 0.2) is 0 Å². The van der Waals surface area contributed by atoms with Crippen LogP contribution in [0.25, 0.3) is 28.7 Å². The van der Waals surface area contributed by atoms with Gasteiger partial charge in [0, 0.05) is 22.9 Å². The summed E-state index contributed by atoms with van der Waals surface area (Å²) in [6.07, 6.45) is 2.83. The van der Waals surface area contributed by atoms with Crippen molar-refractivity contribution in [2.24, 2.45) is 0 Å². The molecule has 4 rings (SSSR count). The zero-order valence-electron chi connectivity index (χ0n) is 16.4. The van der Waals surface area contributed by atoms with Crippen molar-refractivity contribution >= 4 is 40.9 Å². The minimum atomic E-state index is -0.508. The molecule has 0 spiro atoms. The zero-order chi connectivity index (χ0) is 22.7. The topological polar surface area (TPSA) is 75.6 Å². The van der Waals surface area contributed by atoms with Gasteiger partial charge in [-0.05, 0) is 66.7 Å². The lowest BCUT2D eigenvalue weighted by atomic mass is 10.1. The molecule has 1 amide bonds. The molecule has 0 aliphatic carbocycles. The molecule has 2 aromatic heterocycles. The van der Waals surface area contributed by atoms with Crippen molar-refractivity contribution in [1.82, 2.24) is 0 Å². The Bertz CT molecular complexity index is 1310. The summed E-state index contributed by atoms with van der Waals surface area (Å²) < 4.78 is 24.5. The van der Waals surface area contributed by atoms with E-state index in [1.165, 1.54) is 24.3 Å². The first-order chi connectivity index (χ1) is 15.4. The van der Waals surface area contributed by atoms with Gasteiger partial charge in [-0.25, -0.2) is 4.39 Å². The summed E-state index contributed by atoms with van der Waals surface area (Å²) in [6, 6.07) is 16.1. The SMILES string of the molecule is O=C(/C=C/c1ccc(-c2ccc(F)c(Cl)c2)o1)Nc1ccc(-c2ccc(CO)o2)c(Cl)c1. The van der Waals surface area contributed by atoms with Gasteiger partial charge in [0.2, 0.25) is 5.91 Å². The molecule has 2 aromatic carbocycles. The van der Waals surface area contributed by atoms with Crippen LogP contribution in [0.2, 0.25) is 10.0 Å². The molecular formula is C24H16Cl2FNO4. The zero-order valence-corrected chi connectivity index (χ0v) is 18.0. The molecule has 0 bridgehead atoms. The Balaban J connectivity index is 1.42. The second-order valence-electron chi connectivity index (χ2n) is 6.77. The Morgan fingerprint density at radius 3 is 2.50 bits per heavy atom. The minimum Gasteiger partial charge on any atom is -0.459 e. The Labute approximate surface area is 192 Å². The van der Waals surface area contributed by atoms with E-state index in [2.05, 4.69) is 5.32 Å². The Morgan fingerprint density at radius 1 is 0.969 bits per heavy atom. The van der Waals surface area contributed by atoms with Crippen molar-refractivity contribution in [2.45, 2.75) is 6.61 Å². The molecule has 2 heterocycles. The summed E-state index contributed by atoms with van der Waals surface area (Å²) in [5, 5.41) is 12.2. The first-order valence-corrected chi connectivity index (χ1v) is 10.2. The van der Waals surface area contributed by atoms with Crippen molar-refractivity contribution in [1.29, 1.82) is 0 Å². The average Bonchev–Trinajstić information content (AvgIpc) is 3.44. The number of benzene rings is 2. The number of hydrogen-bond acceptors (Lipinski definition) is 4. The van der Waals surface area contributed by atoms with Crippen molar-refractivity contribution < 1.29 is 23.1 Å². The molecule has 0 saturated heterocycles. The Hall–Kier alpha value is -3.32. The summed E-state index contributed by atoms with van der Waals surface area (Å²) >= 11 is 12.1. The van der Waals surface area contributed by atoms with E-state index in [4.69, 9.17) is 37.1 Å². The monoisotopic (exact) mass is 471 g/mol. The van der Waals surface area contributed by atoms with Crippen molar-refractivity contribution in [3.05, 3.63) is 94.1 Å². The standard InChI is InChI=1S/C24H16Cl2FNO4/c25-19-12-15(2-6-18(19)23-9-4-17(13-29)32-23)28-24(30)10-5-16-3-8-22(31-16)14-1-7-21(27)20(26)11-14/h1-12,29H,13H2,(H,28,30)/b10-5+. The molecule has 32 heavy (non-hydrogen) atoms. The maximum absolute atomic E-state index is 13.3. The van der Waals surface area contributed by atoms with Crippen LogP contribution in [0.4, 0.5) is 10.1 Å². The predicted molar refractivity (Wildman–Crippen MR) is 122 cm³/mol. The number of carbonyl (C=O) groups excluding carboxylic acids is 1. The lowest BCUT2D eigenvalue weighted by molar-refractivity contribution is -0.111. The second kappa shape index (κ2) is 9.44. The van der Waals surface area contributed by atoms with Crippen LogP contribution in [0.1, 0.15) is 11.5 Å². The van der Waals surface area contributed by atoms with Crippen LogP contribution < -0.4 is 5.32 Å². The lowest BCUT2D eigenvalue weighted by Gasteiger charge is -2.06. The summed E-state index contributed by atoms with van der Waals surface area (Å²) in [4.78, 5) is 12.3. The lowest BCUT2D eigenvalue weighted by Crippen LogP contribution is -2.07. The van der Waals surface area contributed by atoms with E-state index in [0.29, 0.717) is 44.9 Å². The first kappa shape index (κ1) is 21.9. The van der Waals surface area contributed by atoms with Crippen LogP contribution in [0.3, 0.4) is 0 Å². The van der Waals surface area contributed by atoms with Crippen LogP contribution in [-0.2, 0) is 11.4 Å². The fourth-order valence-corrected chi connectivity index (χ4v) is 3.44.